The second kappa shape index (κ2) is 4.09. The lowest BCUT2D eigenvalue weighted by atomic mass is 9.95. The molecule has 76 valence electrons. The maximum atomic E-state index is 13.5. The average Bonchev–Trinajstić information content (AvgIpc) is 2.65. The lowest BCUT2D eigenvalue weighted by Crippen LogP contribution is -2.07. The molecule has 1 aliphatic carbocycles. The van der Waals surface area contributed by atoms with Gasteiger partial charge in [0.1, 0.15) is 6.17 Å². The second-order valence-electron chi connectivity index (χ2n) is 4.00. The Balaban J connectivity index is 2.22. The molecular formula is C12H16FN. The summed E-state index contributed by atoms with van der Waals surface area (Å²) in [5.74, 6) is 0.112. The number of rotatable bonds is 2. The number of halogens is 1. The first-order valence-corrected chi connectivity index (χ1v) is 5.24. The van der Waals surface area contributed by atoms with E-state index in [0.717, 1.165) is 30.4 Å². The van der Waals surface area contributed by atoms with E-state index in [4.69, 9.17) is 5.73 Å². The first-order chi connectivity index (χ1) is 6.81. The minimum Gasteiger partial charge on any atom is -0.326 e. The molecule has 2 heteroatoms. The lowest BCUT2D eigenvalue weighted by Gasteiger charge is -2.13. The zero-order chi connectivity index (χ0) is 9.97. The topological polar surface area (TPSA) is 26.0 Å². The fourth-order valence-corrected chi connectivity index (χ4v) is 2.24. The summed E-state index contributed by atoms with van der Waals surface area (Å²) < 4.78 is 13.5. The highest BCUT2D eigenvalue weighted by atomic mass is 19.1. The molecule has 2 rings (SSSR count). The Morgan fingerprint density at radius 2 is 2.21 bits per heavy atom. The van der Waals surface area contributed by atoms with Crippen LogP contribution in [-0.2, 0) is 6.54 Å². The van der Waals surface area contributed by atoms with Crippen LogP contribution in [0.15, 0.2) is 24.3 Å². The summed E-state index contributed by atoms with van der Waals surface area (Å²) in [4.78, 5) is 0. The predicted molar refractivity (Wildman–Crippen MR) is 55.8 cm³/mol. The van der Waals surface area contributed by atoms with Gasteiger partial charge in [-0.25, -0.2) is 4.39 Å². The van der Waals surface area contributed by atoms with Crippen LogP contribution in [-0.4, -0.2) is 6.17 Å². The Morgan fingerprint density at radius 3 is 2.86 bits per heavy atom. The third-order valence-electron chi connectivity index (χ3n) is 3.05. The second-order valence-corrected chi connectivity index (χ2v) is 4.00. The molecule has 1 fully saturated rings. The average molecular weight is 193 g/mol. The highest BCUT2D eigenvalue weighted by molar-refractivity contribution is 5.27. The maximum Gasteiger partial charge on any atom is 0.107 e. The molecule has 0 spiro atoms. The van der Waals surface area contributed by atoms with Crippen LogP contribution in [0.4, 0.5) is 4.39 Å². The number of nitrogens with two attached hydrogens (primary N) is 1. The standard InChI is InChI=1S/C12H16FN/c13-12-6-2-5-11(12)10-4-1-3-9(7-10)8-14/h1,3-4,7,11-12H,2,5-6,8,14H2. The molecule has 0 aliphatic heterocycles. The van der Waals surface area contributed by atoms with E-state index < -0.39 is 6.17 Å². The van der Waals surface area contributed by atoms with Gasteiger partial charge in [-0.1, -0.05) is 24.3 Å². The van der Waals surface area contributed by atoms with Crippen molar-refractivity contribution in [2.45, 2.75) is 37.9 Å². The fourth-order valence-electron chi connectivity index (χ4n) is 2.24. The molecule has 1 nitrogen and oxygen atoms in total. The zero-order valence-corrected chi connectivity index (χ0v) is 8.25. The van der Waals surface area contributed by atoms with Crippen molar-refractivity contribution in [2.75, 3.05) is 0 Å². The molecule has 0 aromatic heterocycles. The van der Waals surface area contributed by atoms with Gasteiger partial charge in [-0.05, 0) is 30.4 Å². The van der Waals surface area contributed by atoms with Gasteiger partial charge >= 0.3 is 0 Å². The predicted octanol–water partition coefficient (Wildman–Crippen LogP) is 2.75. The van der Waals surface area contributed by atoms with Crippen molar-refractivity contribution < 1.29 is 4.39 Å². The quantitative estimate of drug-likeness (QED) is 0.768. The molecule has 1 aromatic carbocycles. The molecule has 0 heterocycles. The molecule has 1 saturated carbocycles. The summed E-state index contributed by atoms with van der Waals surface area (Å²) in [7, 11) is 0. The molecule has 0 amide bonds. The molecule has 0 bridgehead atoms. The van der Waals surface area contributed by atoms with Gasteiger partial charge in [-0.2, -0.15) is 0 Å². The maximum absolute atomic E-state index is 13.5. The van der Waals surface area contributed by atoms with Gasteiger partial charge < -0.3 is 5.73 Å². The van der Waals surface area contributed by atoms with Gasteiger partial charge in [0.05, 0.1) is 0 Å². The summed E-state index contributed by atoms with van der Waals surface area (Å²) in [6.45, 7) is 0.539. The summed E-state index contributed by atoms with van der Waals surface area (Å²) in [5, 5.41) is 0. The van der Waals surface area contributed by atoms with Crippen molar-refractivity contribution in [1.29, 1.82) is 0 Å². The van der Waals surface area contributed by atoms with Crippen molar-refractivity contribution in [3.63, 3.8) is 0 Å². The van der Waals surface area contributed by atoms with E-state index >= 15 is 0 Å². The van der Waals surface area contributed by atoms with Crippen molar-refractivity contribution in [3.8, 4) is 0 Å². The highest BCUT2D eigenvalue weighted by Gasteiger charge is 2.28. The van der Waals surface area contributed by atoms with Crippen LogP contribution < -0.4 is 5.73 Å². The SMILES string of the molecule is NCc1cccc(C2CCCC2F)c1. The number of hydrogen-bond donors (Lipinski definition) is 1. The van der Waals surface area contributed by atoms with Crippen molar-refractivity contribution in [2.24, 2.45) is 5.73 Å². The molecule has 0 radical (unpaired) electrons. The Labute approximate surface area is 84.1 Å². The number of benzene rings is 1. The molecular weight excluding hydrogens is 177 g/mol. The number of hydrogen-bond acceptors (Lipinski definition) is 1. The Morgan fingerprint density at radius 1 is 1.36 bits per heavy atom. The van der Waals surface area contributed by atoms with Gasteiger partial charge in [-0.3, -0.25) is 0 Å². The van der Waals surface area contributed by atoms with Crippen LogP contribution in [0.25, 0.3) is 0 Å². The first kappa shape index (κ1) is 9.66. The molecule has 2 N–H and O–H groups in total. The van der Waals surface area contributed by atoms with Crippen LogP contribution in [0.1, 0.15) is 36.3 Å². The van der Waals surface area contributed by atoms with Gasteiger partial charge in [0, 0.05) is 12.5 Å². The Hall–Kier alpha value is -0.890. The van der Waals surface area contributed by atoms with Crippen LogP contribution in [0.5, 0.6) is 0 Å². The molecule has 0 saturated heterocycles. The van der Waals surface area contributed by atoms with Crippen LogP contribution in [0, 0.1) is 0 Å². The smallest absolute Gasteiger partial charge is 0.107 e. The molecule has 1 aromatic rings. The minimum absolute atomic E-state index is 0.112. The third kappa shape index (κ3) is 1.80. The van der Waals surface area contributed by atoms with Crippen LogP contribution in [0.2, 0.25) is 0 Å². The van der Waals surface area contributed by atoms with E-state index in [0.29, 0.717) is 6.54 Å². The summed E-state index contributed by atoms with van der Waals surface area (Å²) in [6, 6.07) is 8.03. The van der Waals surface area contributed by atoms with E-state index in [1.165, 1.54) is 0 Å². The summed E-state index contributed by atoms with van der Waals surface area (Å²) in [6.07, 6.45) is 2.06. The molecule has 2 unspecified atom stereocenters. The third-order valence-corrected chi connectivity index (χ3v) is 3.05. The fraction of sp³-hybridized carbons (Fsp3) is 0.500. The largest absolute Gasteiger partial charge is 0.326 e. The van der Waals surface area contributed by atoms with E-state index in [1.54, 1.807) is 0 Å². The highest BCUT2D eigenvalue weighted by Crippen LogP contribution is 2.36. The normalized spacial score (nSPS) is 26.7. The first-order valence-electron chi connectivity index (χ1n) is 5.24. The van der Waals surface area contributed by atoms with Gasteiger partial charge in [0.2, 0.25) is 0 Å². The van der Waals surface area contributed by atoms with Crippen molar-refractivity contribution >= 4 is 0 Å². The summed E-state index contributed by atoms with van der Waals surface area (Å²) in [5.41, 5.74) is 7.78. The van der Waals surface area contributed by atoms with Gasteiger partial charge in [0.15, 0.2) is 0 Å². The monoisotopic (exact) mass is 193 g/mol. The molecule has 1 aliphatic rings. The zero-order valence-electron chi connectivity index (χ0n) is 8.25. The Kier molecular flexibility index (Phi) is 2.82. The van der Waals surface area contributed by atoms with Gasteiger partial charge in [-0.15, -0.1) is 0 Å². The van der Waals surface area contributed by atoms with E-state index in [-0.39, 0.29) is 5.92 Å². The van der Waals surface area contributed by atoms with Crippen molar-refractivity contribution in [1.82, 2.24) is 0 Å². The Bertz CT molecular complexity index is 311. The lowest BCUT2D eigenvalue weighted by molar-refractivity contribution is 0.312. The van der Waals surface area contributed by atoms with E-state index in [1.807, 2.05) is 24.3 Å². The molecule has 14 heavy (non-hydrogen) atoms. The van der Waals surface area contributed by atoms with Crippen molar-refractivity contribution in [3.05, 3.63) is 35.4 Å². The van der Waals surface area contributed by atoms with Crippen LogP contribution in [0.3, 0.4) is 0 Å². The van der Waals surface area contributed by atoms with Crippen LogP contribution >= 0.6 is 0 Å². The minimum atomic E-state index is -0.650. The summed E-state index contributed by atoms with van der Waals surface area (Å²) >= 11 is 0. The van der Waals surface area contributed by atoms with E-state index in [2.05, 4.69) is 0 Å². The van der Waals surface area contributed by atoms with Gasteiger partial charge in [0.25, 0.3) is 0 Å². The van der Waals surface area contributed by atoms with E-state index in [9.17, 15) is 4.39 Å². The molecule has 2 atom stereocenters. The number of alkyl halides is 1.